The van der Waals surface area contributed by atoms with Crippen molar-refractivity contribution in [1.82, 2.24) is 0 Å². The molecule has 4 rings (SSSR count). The van der Waals surface area contributed by atoms with Crippen LogP contribution in [0.2, 0.25) is 0 Å². The minimum atomic E-state index is -3.68. The number of benzene rings is 1. The normalized spacial score (nSPS) is 20.0. The standard InChI is InChI=1S/C17H17NO4S/c1-10-8-16(11(2)22-10)23(20,21)18-9-12-6-7-15(19)13-4-3-5-14(18)17(12)13/h3-5,8,12H,6-7,9H2,1-2H3. The molecule has 1 aliphatic heterocycles. The molecule has 5 nitrogen and oxygen atoms in total. The van der Waals surface area contributed by atoms with E-state index in [1.165, 1.54) is 4.31 Å². The van der Waals surface area contributed by atoms with Crippen molar-refractivity contribution in [1.29, 1.82) is 0 Å². The maximum Gasteiger partial charge on any atom is 0.267 e. The van der Waals surface area contributed by atoms with Crippen LogP contribution in [0.1, 0.15) is 46.2 Å². The van der Waals surface area contributed by atoms with E-state index in [-0.39, 0.29) is 16.6 Å². The highest BCUT2D eigenvalue weighted by Crippen LogP contribution is 2.46. The largest absolute Gasteiger partial charge is 0.465 e. The molecule has 1 atom stereocenters. The number of nitrogens with zero attached hydrogens (tertiary/aromatic N) is 1. The predicted octanol–water partition coefficient (Wildman–Crippen LogP) is 3.17. The maximum atomic E-state index is 13.1. The Morgan fingerprint density at radius 3 is 2.74 bits per heavy atom. The van der Waals surface area contributed by atoms with Gasteiger partial charge in [-0.2, -0.15) is 0 Å². The topological polar surface area (TPSA) is 67.6 Å². The van der Waals surface area contributed by atoms with Crippen molar-refractivity contribution >= 4 is 21.5 Å². The second-order valence-corrected chi connectivity index (χ2v) is 8.04. The molecule has 2 heterocycles. The van der Waals surface area contributed by atoms with Crippen molar-refractivity contribution < 1.29 is 17.6 Å². The minimum Gasteiger partial charge on any atom is -0.465 e. The Balaban J connectivity index is 1.88. The summed E-state index contributed by atoms with van der Waals surface area (Å²) in [5.74, 6) is 1.18. The fourth-order valence-corrected chi connectivity index (χ4v) is 5.47. The van der Waals surface area contributed by atoms with Gasteiger partial charge in [0, 0.05) is 30.5 Å². The number of hydrogen-bond donors (Lipinski definition) is 0. The Morgan fingerprint density at radius 2 is 2.04 bits per heavy atom. The molecule has 120 valence electrons. The number of ketones is 1. The third-order valence-corrected chi connectivity index (χ3v) is 6.62. The highest BCUT2D eigenvalue weighted by atomic mass is 32.2. The van der Waals surface area contributed by atoms with Crippen molar-refractivity contribution in [2.75, 3.05) is 10.8 Å². The van der Waals surface area contributed by atoms with Gasteiger partial charge in [0.25, 0.3) is 10.0 Å². The Hall–Kier alpha value is -2.08. The summed E-state index contributed by atoms with van der Waals surface area (Å²) in [6.07, 6.45) is 1.19. The van der Waals surface area contributed by atoms with Crippen LogP contribution in [0, 0.1) is 13.8 Å². The molecule has 1 unspecified atom stereocenters. The number of furan rings is 1. The van der Waals surface area contributed by atoms with Crippen LogP contribution >= 0.6 is 0 Å². The van der Waals surface area contributed by atoms with E-state index >= 15 is 0 Å². The summed E-state index contributed by atoms with van der Waals surface area (Å²) in [4.78, 5) is 12.3. The van der Waals surface area contributed by atoms with Crippen LogP contribution in [0.25, 0.3) is 0 Å². The van der Waals surface area contributed by atoms with Crippen LogP contribution in [0.5, 0.6) is 0 Å². The zero-order chi connectivity index (χ0) is 16.4. The molecule has 1 aliphatic carbocycles. The molecule has 0 saturated carbocycles. The van der Waals surface area contributed by atoms with Gasteiger partial charge in [0.1, 0.15) is 16.4 Å². The smallest absolute Gasteiger partial charge is 0.267 e. The third kappa shape index (κ3) is 1.97. The second kappa shape index (κ2) is 4.71. The summed E-state index contributed by atoms with van der Waals surface area (Å²) in [7, 11) is -3.68. The van der Waals surface area contributed by atoms with Crippen LogP contribution in [0.15, 0.2) is 33.6 Å². The van der Waals surface area contributed by atoms with Gasteiger partial charge in [-0.05, 0) is 31.9 Å². The first-order valence-electron chi connectivity index (χ1n) is 7.65. The molecule has 23 heavy (non-hydrogen) atoms. The highest BCUT2D eigenvalue weighted by molar-refractivity contribution is 7.93. The summed E-state index contributed by atoms with van der Waals surface area (Å²) >= 11 is 0. The highest BCUT2D eigenvalue weighted by Gasteiger charge is 2.41. The van der Waals surface area contributed by atoms with E-state index in [9.17, 15) is 13.2 Å². The van der Waals surface area contributed by atoms with Gasteiger partial charge in [0.2, 0.25) is 0 Å². The molecule has 0 spiro atoms. The molecule has 2 aliphatic rings. The fraction of sp³-hybridized carbons (Fsp3) is 0.353. The van der Waals surface area contributed by atoms with Gasteiger partial charge < -0.3 is 4.42 Å². The van der Waals surface area contributed by atoms with Crippen molar-refractivity contribution in [3.05, 3.63) is 46.9 Å². The van der Waals surface area contributed by atoms with E-state index in [4.69, 9.17) is 4.42 Å². The van der Waals surface area contributed by atoms with Crippen molar-refractivity contribution in [3.63, 3.8) is 0 Å². The van der Waals surface area contributed by atoms with E-state index in [1.807, 2.05) is 0 Å². The van der Waals surface area contributed by atoms with E-state index in [0.717, 1.165) is 5.56 Å². The first kappa shape index (κ1) is 14.5. The van der Waals surface area contributed by atoms with Crippen molar-refractivity contribution in [3.8, 4) is 0 Å². The fourth-order valence-electron chi connectivity index (χ4n) is 3.72. The average Bonchev–Trinajstić information content (AvgIpc) is 3.05. The van der Waals surface area contributed by atoms with E-state index < -0.39 is 10.0 Å². The molecule has 6 heteroatoms. The molecule has 0 fully saturated rings. The third-order valence-electron chi connectivity index (χ3n) is 4.73. The Kier molecular flexibility index (Phi) is 2.97. The summed E-state index contributed by atoms with van der Waals surface area (Å²) in [6, 6.07) is 6.91. The van der Waals surface area contributed by atoms with Gasteiger partial charge >= 0.3 is 0 Å². The monoisotopic (exact) mass is 331 g/mol. The molecule has 1 aromatic heterocycles. The van der Waals surface area contributed by atoms with Crippen LogP contribution in [-0.4, -0.2) is 20.7 Å². The molecule has 0 N–H and O–H groups in total. The number of carbonyl (C=O) groups excluding carboxylic acids is 1. The molecule has 0 amide bonds. The number of rotatable bonds is 2. The lowest BCUT2D eigenvalue weighted by molar-refractivity contribution is 0.0968. The van der Waals surface area contributed by atoms with Crippen molar-refractivity contribution in [2.45, 2.75) is 37.5 Å². The molecular weight excluding hydrogens is 314 g/mol. The number of Topliss-reactive ketones (excluding diaryl/α,β-unsaturated/α-hetero) is 1. The zero-order valence-electron chi connectivity index (χ0n) is 13.0. The van der Waals surface area contributed by atoms with Crippen LogP contribution in [0.3, 0.4) is 0 Å². The van der Waals surface area contributed by atoms with Gasteiger partial charge in [-0.25, -0.2) is 8.42 Å². The van der Waals surface area contributed by atoms with Crippen LogP contribution in [-0.2, 0) is 10.0 Å². The molecular formula is C17H17NO4S. The average molecular weight is 331 g/mol. The number of anilines is 1. The number of sulfonamides is 1. The molecule has 0 bridgehead atoms. The summed E-state index contributed by atoms with van der Waals surface area (Å²) in [5.41, 5.74) is 2.21. The maximum absolute atomic E-state index is 13.1. The quantitative estimate of drug-likeness (QED) is 0.848. The second-order valence-electron chi connectivity index (χ2n) is 6.21. The predicted molar refractivity (Wildman–Crippen MR) is 85.5 cm³/mol. The lowest BCUT2D eigenvalue weighted by atomic mass is 9.83. The summed E-state index contributed by atoms with van der Waals surface area (Å²) in [6.45, 7) is 3.79. The first-order chi connectivity index (χ1) is 10.9. The van der Waals surface area contributed by atoms with Gasteiger partial charge in [-0.15, -0.1) is 0 Å². The number of carbonyl (C=O) groups is 1. The van der Waals surface area contributed by atoms with Crippen molar-refractivity contribution in [2.24, 2.45) is 0 Å². The zero-order valence-corrected chi connectivity index (χ0v) is 13.8. The van der Waals surface area contributed by atoms with Gasteiger partial charge in [-0.1, -0.05) is 12.1 Å². The van der Waals surface area contributed by atoms with Gasteiger partial charge in [0.15, 0.2) is 5.78 Å². The Labute approximate surface area is 135 Å². The van der Waals surface area contributed by atoms with Gasteiger partial charge in [-0.3, -0.25) is 9.10 Å². The molecule has 1 aromatic carbocycles. The number of aryl methyl sites for hydroxylation is 2. The van der Waals surface area contributed by atoms with E-state index in [1.54, 1.807) is 38.1 Å². The summed E-state index contributed by atoms with van der Waals surface area (Å²) in [5, 5.41) is 0. The lowest BCUT2D eigenvalue weighted by Gasteiger charge is -2.19. The van der Waals surface area contributed by atoms with Crippen LogP contribution < -0.4 is 4.31 Å². The molecule has 0 radical (unpaired) electrons. The van der Waals surface area contributed by atoms with E-state index in [0.29, 0.717) is 42.2 Å². The van der Waals surface area contributed by atoms with E-state index in [2.05, 4.69) is 0 Å². The first-order valence-corrected chi connectivity index (χ1v) is 9.09. The number of hydrogen-bond acceptors (Lipinski definition) is 4. The summed E-state index contributed by atoms with van der Waals surface area (Å²) < 4.78 is 33.0. The Morgan fingerprint density at radius 1 is 1.26 bits per heavy atom. The molecule has 0 saturated heterocycles. The molecule has 2 aromatic rings. The lowest BCUT2D eigenvalue weighted by Crippen LogP contribution is -2.30. The Bertz CT molecular complexity index is 926. The van der Waals surface area contributed by atoms with Gasteiger partial charge in [0.05, 0.1) is 5.69 Å². The minimum absolute atomic E-state index is 0.0991. The SMILES string of the molecule is Cc1cc(S(=O)(=O)N2CC3CCC(=O)c4cccc2c43)c(C)o1. The van der Waals surface area contributed by atoms with Crippen LogP contribution in [0.4, 0.5) is 5.69 Å².